The van der Waals surface area contributed by atoms with Crippen molar-refractivity contribution in [2.75, 3.05) is 0 Å². The van der Waals surface area contributed by atoms with Gasteiger partial charge in [-0.2, -0.15) is 0 Å². The molecule has 1 nitrogen and oxygen atoms in total. The number of rotatable bonds is 6. The molecule has 0 aliphatic carbocycles. The summed E-state index contributed by atoms with van der Waals surface area (Å²) in [5.74, 6) is 0. The van der Waals surface area contributed by atoms with E-state index in [2.05, 4.69) is 41.1 Å². The van der Waals surface area contributed by atoms with Gasteiger partial charge >= 0.3 is 0 Å². The quantitative estimate of drug-likeness (QED) is 0.831. The fraction of sp³-hybridized carbons (Fsp3) is 0.538. The summed E-state index contributed by atoms with van der Waals surface area (Å²) in [5, 5.41) is 9.58. The molecule has 1 unspecified atom stereocenters. The SMILES string of the molecule is CCCC(O)CCCc1ccccc1Br. The molecule has 0 spiro atoms. The molecule has 1 N–H and O–H groups in total. The van der Waals surface area contributed by atoms with E-state index in [0.717, 1.165) is 32.1 Å². The first-order valence-corrected chi connectivity index (χ1v) is 6.44. The normalized spacial score (nSPS) is 12.7. The van der Waals surface area contributed by atoms with Crippen molar-refractivity contribution in [1.82, 2.24) is 0 Å². The van der Waals surface area contributed by atoms with Crippen molar-refractivity contribution < 1.29 is 5.11 Å². The number of aryl methyl sites for hydroxylation is 1. The van der Waals surface area contributed by atoms with Crippen LogP contribution in [0.3, 0.4) is 0 Å². The highest BCUT2D eigenvalue weighted by Gasteiger charge is 2.03. The van der Waals surface area contributed by atoms with Crippen molar-refractivity contribution in [3.8, 4) is 0 Å². The third-order valence-corrected chi connectivity index (χ3v) is 3.34. The third kappa shape index (κ3) is 4.80. The minimum atomic E-state index is -0.113. The van der Waals surface area contributed by atoms with Crippen molar-refractivity contribution >= 4 is 15.9 Å². The number of hydrogen-bond donors (Lipinski definition) is 1. The molecule has 0 heterocycles. The van der Waals surface area contributed by atoms with Gasteiger partial charge in [-0.3, -0.25) is 0 Å². The molecule has 84 valence electrons. The van der Waals surface area contributed by atoms with Gasteiger partial charge < -0.3 is 5.11 Å². The van der Waals surface area contributed by atoms with E-state index < -0.39 is 0 Å². The topological polar surface area (TPSA) is 20.2 Å². The number of aliphatic hydroxyl groups excluding tert-OH is 1. The first-order chi connectivity index (χ1) is 7.24. The van der Waals surface area contributed by atoms with Crippen LogP contribution in [0.25, 0.3) is 0 Å². The lowest BCUT2D eigenvalue weighted by Crippen LogP contribution is -2.05. The van der Waals surface area contributed by atoms with Crippen LogP contribution in [0.15, 0.2) is 28.7 Å². The van der Waals surface area contributed by atoms with Crippen LogP contribution in [-0.4, -0.2) is 11.2 Å². The molecular weight excluding hydrogens is 252 g/mol. The molecule has 1 rings (SSSR count). The molecule has 0 saturated heterocycles. The zero-order valence-electron chi connectivity index (χ0n) is 9.25. The number of aliphatic hydroxyl groups is 1. The summed E-state index contributed by atoms with van der Waals surface area (Å²) >= 11 is 3.53. The summed E-state index contributed by atoms with van der Waals surface area (Å²) in [6.07, 6.45) is 4.89. The maximum absolute atomic E-state index is 9.58. The highest BCUT2D eigenvalue weighted by atomic mass is 79.9. The van der Waals surface area contributed by atoms with Crippen LogP contribution >= 0.6 is 15.9 Å². The van der Waals surface area contributed by atoms with Gasteiger partial charge in [0, 0.05) is 4.47 Å². The first kappa shape index (κ1) is 12.7. The second kappa shape index (κ2) is 7.02. The van der Waals surface area contributed by atoms with E-state index >= 15 is 0 Å². The van der Waals surface area contributed by atoms with Crippen molar-refractivity contribution in [1.29, 1.82) is 0 Å². The molecular formula is C13H19BrO. The summed E-state index contributed by atoms with van der Waals surface area (Å²) in [4.78, 5) is 0. The maximum Gasteiger partial charge on any atom is 0.0540 e. The summed E-state index contributed by atoms with van der Waals surface area (Å²) in [5.41, 5.74) is 1.33. The van der Waals surface area contributed by atoms with Gasteiger partial charge in [-0.1, -0.05) is 47.5 Å². The Balaban J connectivity index is 2.29. The van der Waals surface area contributed by atoms with Gasteiger partial charge in [0.25, 0.3) is 0 Å². The van der Waals surface area contributed by atoms with Crippen molar-refractivity contribution in [2.24, 2.45) is 0 Å². The molecule has 1 aromatic rings. The Morgan fingerprint density at radius 3 is 2.67 bits per heavy atom. The standard InChI is InChI=1S/C13H19BrO/c1-2-6-12(15)9-5-8-11-7-3-4-10-13(11)14/h3-4,7,10,12,15H,2,5-6,8-9H2,1H3. The van der Waals surface area contributed by atoms with E-state index in [1.165, 1.54) is 10.0 Å². The fourth-order valence-corrected chi connectivity index (χ4v) is 2.19. The molecule has 0 saturated carbocycles. The van der Waals surface area contributed by atoms with Crippen LogP contribution in [0.2, 0.25) is 0 Å². The molecule has 1 aromatic carbocycles. The number of benzene rings is 1. The van der Waals surface area contributed by atoms with Gasteiger partial charge in [0.1, 0.15) is 0 Å². The molecule has 1 atom stereocenters. The largest absolute Gasteiger partial charge is 0.393 e. The Morgan fingerprint density at radius 1 is 1.27 bits per heavy atom. The van der Waals surface area contributed by atoms with Crippen molar-refractivity contribution in [3.05, 3.63) is 34.3 Å². The number of halogens is 1. The average molecular weight is 271 g/mol. The third-order valence-electron chi connectivity index (χ3n) is 2.56. The lowest BCUT2D eigenvalue weighted by molar-refractivity contribution is 0.151. The second-order valence-electron chi connectivity index (χ2n) is 3.93. The zero-order chi connectivity index (χ0) is 11.1. The minimum Gasteiger partial charge on any atom is -0.393 e. The Labute approximate surface area is 101 Å². The molecule has 0 radical (unpaired) electrons. The molecule has 0 aliphatic rings. The summed E-state index contributed by atoms with van der Waals surface area (Å²) in [7, 11) is 0. The van der Waals surface area contributed by atoms with Crippen LogP contribution in [-0.2, 0) is 6.42 Å². The molecule has 15 heavy (non-hydrogen) atoms. The van der Waals surface area contributed by atoms with E-state index in [0.29, 0.717) is 0 Å². The molecule has 2 heteroatoms. The summed E-state index contributed by atoms with van der Waals surface area (Å²) in [6, 6.07) is 8.29. The van der Waals surface area contributed by atoms with E-state index in [9.17, 15) is 5.11 Å². The van der Waals surface area contributed by atoms with Crippen LogP contribution in [0.1, 0.15) is 38.2 Å². The van der Waals surface area contributed by atoms with Gasteiger partial charge in [0.05, 0.1) is 6.10 Å². The smallest absolute Gasteiger partial charge is 0.0540 e. The van der Waals surface area contributed by atoms with Crippen molar-refractivity contribution in [2.45, 2.75) is 45.1 Å². The van der Waals surface area contributed by atoms with Gasteiger partial charge in [0.2, 0.25) is 0 Å². The minimum absolute atomic E-state index is 0.113. The van der Waals surface area contributed by atoms with Crippen LogP contribution < -0.4 is 0 Å². The van der Waals surface area contributed by atoms with Crippen LogP contribution in [0, 0.1) is 0 Å². The lowest BCUT2D eigenvalue weighted by Gasteiger charge is -2.09. The number of hydrogen-bond acceptors (Lipinski definition) is 1. The predicted molar refractivity (Wildman–Crippen MR) is 68.0 cm³/mol. The maximum atomic E-state index is 9.58. The van der Waals surface area contributed by atoms with Crippen LogP contribution in [0.4, 0.5) is 0 Å². The van der Waals surface area contributed by atoms with E-state index in [1.54, 1.807) is 0 Å². The van der Waals surface area contributed by atoms with Crippen LogP contribution in [0.5, 0.6) is 0 Å². The molecule has 0 fully saturated rings. The Morgan fingerprint density at radius 2 is 2.00 bits per heavy atom. The monoisotopic (exact) mass is 270 g/mol. The predicted octanol–water partition coefficient (Wildman–Crippen LogP) is 3.93. The second-order valence-corrected chi connectivity index (χ2v) is 4.78. The Kier molecular flexibility index (Phi) is 5.96. The van der Waals surface area contributed by atoms with E-state index in [1.807, 2.05) is 6.07 Å². The summed E-state index contributed by atoms with van der Waals surface area (Å²) in [6.45, 7) is 2.11. The Hall–Kier alpha value is -0.340. The van der Waals surface area contributed by atoms with Gasteiger partial charge in [-0.15, -0.1) is 0 Å². The fourth-order valence-electron chi connectivity index (χ4n) is 1.71. The van der Waals surface area contributed by atoms with Crippen molar-refractivity contribution in [3.63, 3.8) is 0 Å². The Bertz CT molecular complexity index is 286. The molecule has 0 aliphatic heterocycles. The van der Waals surface area contributed by atoms with E-state index in [4.69, 9.17) is 0 Å². The van der Waals surface area contributed by atoms with Gasteiger partial charge in [-0.25, -0.2) is 0 Å². The van der Waals surface area contributed by atoms with Gasteiger partial charge in [0.15, 0.2) is 0 Å². The molecule has 0 aromatic heterocycles. The average Bonchev–Trinajstić information content (AvgIpc) is 2.21. The summed E-state index contributed by atoms with van der Waals surface area (Å²) < 4.78 is 1.18. The molecule has 0 bridgehead atoms. The molecule has 0 amide bonds. The highest BCUT2D eigenvalue weighted by Crippen LogP contribution is 2.18. The van der Waals surface area contributed by atoms with E-state index in [-0.39, 0.29) is 6.10 Å². The van der Waals surface area contributed by atoms with Gasteiger partial charge in [-0.05, 0) is 37.3 Å². The zero-order valence-corrected chi connectivity index (χ0v) is 10.8. The highest BCUT2D eigenvalue weighted by molar-refractivity contribution is 9.10. The first-order valence-electron chi connectivity index (χ1n) is 5.65. The lowest BCUT2D eigenvalue weighted by atomic mass is 10.0.